The van der Waals surface area contributed by atoms with Crippen LogP contribution < -0.4 is 10.5 Å². The van der Waals surface area contributed by atoms with Crippen molar-refractivity contribution < 1.29 is 28.1 Å². The fraction of sp³-hybridized carbons (Fsp3) is 0.536. The van der Waals surface area contributed by atoms with Crippen LogP contribution in [0.1, 0.15) is 58.2 Å². The number of carbonyl (C=O) groups is 1. The number of fused-ring (bicyclic) bond motifs is 3. The molecule has 12 heteroatoms. The first-order valence-corrected chi connectivity index (χ1v) is 14.2. The van der Waals surface area contributed by atoms with Gasteiger partial charge in [-0.25, -0.2) is 19.2 Å². The molecule has 1 amide bonds. The van der Waals surface area contributed by atoms with Crippen LogP contribution in [0.25, 0.3) is 11.0 Å². The first-order chi connectivity index (χ1) is 18.8. The van der Waals surface area contributed by atoms with Crippen molar-refractivity contribution in [3.05, 3.63) is 46.1 Å². The molecule has 1 aromatic carbocycles. The van der Waals surface area contributed by atoms with Crippen LogP contribution in [0.15, 0.2) is 29.1 Å². The molecule has 0 spiro atoms. The number of aromatic nitrogens is 3. The zero-order valence-corrected chi connectivity index (χ0v) is 24.7. The van der Waals surface area contributed by atoms with Gasteiger partial charge < -0.3 is 34.1 Å². The number of anilines is 1. The number of halogens is 2. The minimum Gasteiger partial charge on any atom is -0.487 e. The first kappa shape index (κ1) is 27.2. The summed E-state index contributed by atoms with van der Waals surface area (Å²) in [7, 11) is 0. The van der Waals surface area contributed by atoms with Gasteiger partial charge in [-0.2, -0.15) is 0 Å². The van der Waals surface area contributed by atoms with Crippen LogP contribution in [0, 0.1) is 5.82 Å². The van der Waals surface area contributed by atoms with Gasteiger partial charge in [0.15, 0.2) is 5.79 Å². The smallest absolute Gasteiger partial charge is 0.410 e. The summed E-state index contributed by atoms with van der Waals surface area (Å²) in [6, 6.07) is 2.88. The van der Waals surface area contributed by atoms with Crippen LogP contribution >= 0.6 is 15.9 Å². The SMILES string of the molecule is CC(C)(C)OC(=O)N1CCc2c(F)ccc(O[C@H]3C[C@@H](n4cc(Br)c5c(N)ncnc54)[C@@H]4OC(C)(C)O[C@@H]43)c2C1. The quantitative estimate of drug-likeness (QED) is 0.431. The summed E-state index contributed by atoms with van der Waals surface area (Å²) in [5.74, 6) is -0.225. The molecule has 2 N–H and O–H groups in total. The second-order valence-corrected chi connectivity index (χ2v) is 12.9. The molecular formula is C28H33BrFN5O5. The Balaban J connectivity index is 1.32. The lowest BCUT2D eigenvalue weighted by Crippen LogP contribution is -2.40. The Kier molecular flexibility index (Phi) is 6.50. The van der Waals surface area contributed by atoms with Crippen molar-refractivity contribution in [2.75, 3.05) is 12.3 Å². The molecule has 1 saturated carbocycles. The van der Waals surface area contributed by atoms with E-state index in [9.17, 15) is 9.18 Å². The fourth-order valence-corrected chi connectivity index (χ4v) is 6.57. The van der Waals surface area contributed by atoms with E-state index in [1.54, 1.807) is 11.0 Å². The molecule has 3 aromatic rings. The molecule has 4 atom stereocenters. The van der Waals surface area contributed by atoms with E-state index in [2.05, 4.69) is 25.9 Å². The Hall–Kier alpha value is -2.96. The number of hydrogen-bond donors (Lipinski definition) is 1. The number of hydrogen-bond acceptors (Lipinski definition) is 8. The highest BCUT2D eigenvalue weighted by Gasteiger charge is 2.56. The molecule has 0 unspecified atom stereocenters. The van der Waals surface area contributed by atoms with Gasteiger partial charge in [-0.1, -0.05) is 0 Å². The molecule has 0 radical (unpaired) electrons. The zero-order valence-electron chi connectivity index (χ0n) is 23.1. The van der Waals surface area contributed by atoms with E-state index in [-0.39, 0.29) is 30.6 Å². The maximum absolute atomic E-state index is 14.9. The van der Waals surface area contributed by atoms with Crippen molar-refractivity contribution in [1.82, 2.24) is 19.4 Å². The molecule has 214 valence electrons. The van der Waals surface area contributed by atoms with Gasteiger partial charge >= 0.3 is 6.09 Å². The van der Waals surface area contributed by atoms with Gasteiger partial charge in [0.2, 0.25) is 0 Å². The normalized spacial score (nSPS) is 25.6. The third-order valence-electron chi connectivity index (χ3n) is 7.57. The van der Waals surface area contributed by atoms with Crippen molar-refractivity contribution in [3.8, 4) is 5.75 Å². The summed E-state index contributed by atoms with van der Waals surface area (Å²) < 4.78 is 42.6. The topological polar surface area (TPSA) is 114 Å². The maximum atomic E-state index is 14.9. The lowest BCUT2D eigenvalue weighted by molar-refractivity contribution is -0.163. The third kappa shape index (κ3) is 4.79. The second-order valence-electron chi connectivity index (χ2n) is 12.0. The molecular weight excluding hydrogens is 585 g/mol. The highest BCUT2D eigenvalue weighted by molar-refractivity contribution is 9.10. The van der Waals surface area contributed by atoms with E-state index in [1.165, 1.54) is 12.4 Å². The summed E-state index contributed by atoms with van der Waals surface area (Å²) in [4.78, 5) is 23.0. The van der Waals surface area contributed by atoms with E-state index < -0.39 is 23.6 Å². The van der Waals surface area contributed by atoms with Crippen LogP contribution in [0.2, 0.25) is 0 Å². The van der Waals surface area contributed by atoms with E-state index in [4.69, 9.17) is 24.7 Å². The molecule has 6 rings (SSSR count). The molecule has 0 bridgehead atoms. The van der Waals surface area contributed by atoms with E-state index >= 15 is 0 Å². The Bertz CT molecular complexity index is 1490. The number of nitrogen functional groups attached to an aromatic ring is 1. The van der Waals surface area contributed by atoms with Crippen LogP contribution in [-0.4, -0.2) is 61.8 Å². The molecule has 3 aliphatic rings. The number of nitrogens with two attached hydrogens (primary N) is 1. The molecule has 1 saturated heterocycles. The largest absolute Gasteiger partial charge is 0.487 e. The number of amides is 1. The minimum absolute atomic E-state index is 0.172. The van der Waals surface area contributed by atoms with Gasteiger partial charge in [0, 0.05) is 29.2 Å². The molecule has 4 heterocycles. The van der Waals surface area contributed by atoms with Gasteiger partial charge in [0.25, 0.3) is 0 Å². The summed E-state index contributed by atoms with van der Waals surface area (Å²) in [5.41, 5.74) is 7.40. The number of carbonyl (C=O) groups excluding carboxylic acids is 1. The first-order valence-electron chi connectivity index (χ1n) is 13.4. The average Bonchev–Trinajstić information content (AvgIpc) is 3.48. The number of rotatable bonds is 3. The summed E-state index contributed by atoms with van der Waals surface area (Å²) in [6.07, 6.45) is 2.75. The Morgan fingerprint density at radius 2 is 1.95 bits per heavy atom. The standard InChI is InChI=1S/C28H33BrFN5O5/c1-27(2,3)40-26(36)34-9-8-14-15(11-34)19(7-6-17(14)30)37-20-10-18(22-23(20)39-28(4,5)38-22)35-12-16(29)21-24(31)32-13-33-25(21)35/h6-7,12-13,18,20,22-23H,8-11H2,1-5H3,(H2,31,32,33)/t18-,20+,22+,23-/m1/s1. The maximum Gasteiger partial charge on any atom is 0.410 e. The minimum atomic E-state index is -0.820. The highest BCUT2D eigenvalue weighted by atomic mass is 79.9. The third-order valence-corrected chi connectivity index (χ3v) is 8.18. The van der Waals surface area contributed by atoms with Crippen LogP contribution in [0.5, 0.6) is 5.75 Å². The highest BCUT2D eigenvalue weighted by Crippen LogP contribution is 2.47. The van der Waals surface area contributed by atoms with Crippen LogP contribution in [-0.2, 0) is 27.2 Å². The van der Waals surface area contributed by atoms with Crippen molar-refractivity contribution in [2.45, 2.75) is 89.7 Å². The monoisotopic (exact) mass is 617 g/mol. The molecule has 10 nitrogen and oxygen atoms in total. The van der Waals surface area contributed by atoms with Gasteiger partial charge in [-0.3, -0.25) is 0 Å². The summed E-state index contributed by atoms with van der Waals surface area (Å²) in [5, 5.41) is 0.733. The Morgan fingerprint density at radius 1 is 1.20 bits per heavy atom. The summed E-state index contributed by atoms with van der Waals surface area (Å²) >= 11 is 3.60. The molecule has 2 aliphatic heterocycles. The number of benzene rings is 1. The van der Waals surface area contributed by atoms with E-state index in [0.29, 0.717) is 47.7 Å². The molecule has 1 aliphatic carbocycles. The second kappa shape index (κ2) is 9.56. The van der Waals surface area contributed by atoms with Crippen molar-refractivity contribution >= 4 is 38.9 Å². The van der Waals surface area contributed by atoms with Gasteiger partial charge in [-0.05, 0) is 74.7 Å². The lowest BCUT2D eigenvalue weighted by Gasteiger charge is -2.33. The Morgan fingerprint density at radius 3 is 2.70 bits per heavy atom. The van der Waals surface area contributed by atoms with E-state index in [0.717, 1.165) is 9.86 Å². The number of nitrogens with zero attached hydrogens (tertiary/aromatic N) is 4. The van der Waals surface area contributed by atoms with Crippen molar-refractivity contribution in [3.63, 3.8) is 0 Å². The Labute approximate surface area is 240 Å². The van der Waals surface area contributed by atoms with Crippen molar-refractivity contribution in [1.29, 1.82) is 0 Å². The number of ether oxygens (including phenoxy) is 4. The fourth-order valence-electron chi connectivity index (χ4n) is 5.97. The van der Waals surface area contributed by atoms with Crippen LogP contribution in [0.3, 0.4) is 0 Å². The molecule has 2 fully saturated rings. The summed E-state index contributed by atoms with van der Waals surface area (Å²) in [6.45, 7) is 9.77. The van der Waals surface area contributed by atoms with Crippen LogP contribution in [0.4, 0.5) is 15.0 Å². The van der Waals surface area contributed by atoms with Gasteiger partial charge in [-0.15, -0.1) is 0 Å². The zero-order chi connectivity index (χ0) is 28.6. The average molecular weight is 619 g/mol. The predicted molar refractivity (Wildman–Crippen MR) is 148 cm³/mol. The van der Waals surface area contributed by atoms with Crippen molar-refractivity contribution in [2.24, 2.45) is 0 Å². The van der Waals surface area contributed by atoms with Gasteiger partial charge in [0.05, 0.1) is 18.0 Å². The van der Waals surface area contributed by atoms with Gasteiger partial charge in [0.1, 0.15) is 53.3 Å². The molecule has 2 aromatic heterocycles. The predicted octanol–water partition coefficient (Wildman–Crippen LogP) is 5.12. The van der Waals surface area contributed by atoms with E-state index in [1.807, 2.05) is 45.4 Å². The molecule has 40 heavy (non-hydrogen) atoms. The lowest BCUT2D eigenvalue weighted by atomic mass is 9.98.